The van der Waals surface area contributed by atoms with Gasteiger partial charge in [0, 0.05) is 13.0 Å². The van der Waals surface area contributed by atoms with Gasteiger partial charge in [-0.25, -0.2) is 0 Å². The molecule has 168 valence electrons. The number of carbonyl (C=O) groups excluding carboxylic acids is 3. The molecule has 3 N–H and O–H groups in total. The first kappa shape index (κ1) is 25.7. The lowest BCUT2D eigenvalue weighted by molar-refractivity contribution is -0.149. The molecule has 2 aliphatic rings. The van der Waals surface area contributed by atoms with Gasteiger partial charge >= 0.3 is 0 Å². The highest BCUT2D eigenvalue weighted by Gasteiger charge is 2.54. The SMILES string of the molecule is CN[C@@H](C)C(=O)N[C@H]1CCO[C@H]2CC(C)(C)[C@@H](C(=O)NCCC(C)C)N2C1=O.Cl. The number of halogens is 1. The highest BCUT2D eigenvalue weighted by atomic mass is 35.5. The molecule has 29 heavy (non-hydrogen) atoms. The molecule has 0 radical (unpaired) electrons. The highest BCUT2D eigenvalue weighted by molar-refractivity contribution is 5.94. The maximum Gasteiger partial charge on any atom is 0.247 e. The van der Waals surface area contributed by atoms with Crippen molar-refractivity contribution in [1.82, 2.24) is 20.9 Å². The van der Waals surface area contributed by atoms with Crippen LogP contribution in [-0.4, -0.2) is 67.2 Å². The van der Waals surface area contributed by atoms with E-state index in [4.69, 9.17) is 4.74 Å². The molecule has 2 rings (SSSR count). The van der Waals surface area contributed by atoms with Gasteiger partial charge in [-0.15, -0.1) is 12.4 Å². The minimum absolute atomic E-state index is 0. The summed E-state index contributed by atoms with van der Waals surface area (Å²) in [6, 6.07) is -1.71. The molecule has 0 aromatic heterocycles. The normalized spacial score (nSPS) is 26.9. The van der Waals surface area contributed by atoms with Crippen LogP contribution in [0, 0.1) is 11.3 Å². The topological polar surface area (TPSA) is 99.8 Å². The first-order valence-electron chi connectivity index (χ1n) is 10.3. The van der Waals surface area contributed by atoms with E-state index in [1.54, 1.807) is 18.9 Å². The Kier molecular flexibility index (Phi) is 9.37. The van der Waals surface area contributed by atoms with E-state index in [1.807, 2.05) is 13.8 Å². The maximum absolute atomic E-state index is 13.3. The summed E-state index contributed by atoms with van der Waals surface area (Å²) in [6.07, 6.45) is 1.44. The molecule has 3 amide bonds. The smallest absolute Gasteiger partial charge is 0.247 e. The third-order valence-electron chi connectivity index (χ3n) is 5.71. The second-order valence-electron chi connectivity index (χ2n) is 9.00. The van der Waals surface area contributed by atoms with E-state index in [2.05, 4.69) is 29.8 Å². The van der Waals surface area contributed by atoms with Crippen LogP contribution in [0.5, 0.6) is 0 Å². The maximum atomic E-state index is 13.3. The van der Waals surface area contributed by atoms with Gasteiger partial charge in [0.05, 0.1) is 12.6 Å². The van der Waals surface area contributed by atoms with Gasteiger partial charge in [-0.1, -0.05) is 27.7 Å². The van der Waals surface area contributed by atoms with E-state index in [0.29, 0.717) is 31.9 Å². The summed E-state index contributed by atoms with van der Waals surface area (Å²) in [7, 11) is 1.69. The molecule has 0 bridgehead atoms. The Morgan fingerprint density at radius 1 is 1.28 bits per heavy atom. The van der Waals surface area contributed by atoms with Crippen LogP contribution in [0.25, 0.3) is 0 Å². The average molecular weight is 433 g/mol. The zero-order chi connectivity index (χ0) is 21.1. The van der Waals surface area contributed by atoms with E-state index >= 15 is 0 Å². The lowest BCUT2D eigenvalue weighted by Gasteiger charge is -2.33. The minimum Gasteiger partial charge on any atom is -0.358 e. The third-order valence-corrected chi connectivity index (χ3v) is 5.71. The fourth-order valence-electron chi connectivity index (χ4n) is 3.86. The molecule has 0 aromatic rings. The van der Waals surface area contributed by atoms with Gasteiger partial charge in [-0.05, 0) is 38.1 Å². The zero-order valence-corrected chi connectivity index (χ0v) is 19.2. The Morgan fingerprint density at radius 2 is 1.93 bits per heavy atom. The average Bonchev–Trinajstić information content (AvgIpc) is 2.80. The van der Waals surface area contributed by atoms with Gasteiger partial charge < -0.3 is 25.6 Å². The highest BCUT2D eigenvalue weighted by Crippen LogP contribution is 2.42. The lowest BCUT2D eigenvalue weighted by atomic mass is 9.83. The molecule has 2 heterocycles. The number of nitrogens with one attached hydrogen (secondary N) is 3. The number of fused-ring (bicyclic) bond motifs is 1. The van der Waals surface area contributed by atoms with Crippen LogP contribution >= 0.6 is 12.4 Å². The van der Waals surface area contributed by atoms with Crippen LogP contribution in [0.15, 0.2) is 0 Å². The fourth-order valence-corrected chi connectivity index (χ4v) is 3.86. The lowest BCUT2D eigenvalue weighted by Crippen LogP contribution is -2.58. The third kappa shape index (κ3) is 6.06. The second kappa shape index (κ2) is 10.6. The number of likely N-dealkylation sites (N-methyl/N-ethyl adjacent to an activating group) is 1. The molecule has 0 aromatic carbocycles. The number of rotatable bonds is 7. The summed E-state index contributed by atoms with van der Waals surface area (Å²) in [6.45, 7) is 10.9. The summed E-state index contributed by atoms with van der Waals surface area (Å²) < 4.78 is 5.91. The van der Waals surface area contributed by atoms with Crippen LogP contribution in [0.2, 0.25) is 0 Å². The van der Waals surface area contributed by atoms with Gasteiger partial charge in [0.25, 0.3) is 0 Å². The van der Waals surface area contributed by atoms with Crippen molar-refractivity contribution in [3.8, 4) is 0 Å². The molecule has 2 aliphatic heterocycles. The molecule has 0 spiro atoms. The van der Waals surface area contributed by atoms with Gasteiger partial charge in [0.1, 0.15) is 18.3 Å². The summed E-state index contributed by atoms with van der Waals surface area (Å²) in [4.78, 5) is 40.1. The van der Waals surface area contributed by atoms with Crippen molar-refractivity contribution < 1.29 is 19.1 Å². The van der Waals surface area contributed by atoms with Crippen molar-refractivity contribution in [3.63, 3.8) is 0 Å². The van der Waals surface area contributed by atoms with E-state index in [9.17, 15) is 14.4 Å². The quantitative estimate of drug-likeness (QED) is 0.558. The number of amides is 3. The Bertz CT molecular complexity index is 599. The molecule has 9 heteroatoms. The predicted octanol–water partition coefficient (Wildman–Crippen LogP) is 1.04. The zero-order valence-electron chi connectivity index (χ0n) is 18.4. The summed E-state index contributed by atoms with van der Waals surface area (Å²) in [5.74, 6) is -0.147. The van der Waals surface area contributed by atoms with Crippen molar-refractivity contribution >= 4 is 30.1 Å². The van der Waals surface area contributed by atoms with Crippen molar-refractivity contribution in [3.05, 3.63) is 0 Å². The Hall–Kier alpha value is -1.38. The van der Waals surface area contributed by atoms with E-state index in [0.717, 1.165) is 6.42 Å². The molecular weight excluding hydrogens is 396 g/mol. The van der Waals surface area contributed by atoms with Crippen LogP contribution in [-0.2, 0) is 19.1 Å². The van der Waals surface area contributed by atoms with Crippen LogP contribution in [0.4, 0.5) is 0 Å². The van der Waals surface area contributed by atoms with E-state index in [1.165, 1.54) is 0 Å². The van der Waals surface area contributed by atoms with Gasteiger partial charge in [0.2, 0.25) is 17.7 Å². The number of hydrogen-bond donors (Lipinski definition) is 3. The van der Waals surface area contributed by atoms with Gasteiger partial charge in [0.15, 0.2) is 0 Å². The van der Waals surface area contributed by atoms with Gasteiger partial charge in [-0.2, -0.15) is 0 Å². The molecular formula is C20H37ClN4O4. The van der Waals surface area contributed by atoms with Crippen LogP contribution < -0.4 is 16.0 Å². The van der Waals surface area contributed by atoms with Crippen molar-refractivity contribution in [2.24, 2.45) is 11.3 Å². The first-order valence-corrected chi connectivity index (χ1v) is 10.3. The molecule has 0 saturated carbocycles. The number of nitrogens with zero attached hydrogens (tertiary/aromatic N) is 1. The molecule has 0 unspecified atom stereocenters. The fraction of sp³-hybridized carbons (Fsp3) is 0.850. The Labute approximate surface area is 180 Å². The van der Waals surface area contributed by atoms with Crippen molar-refractivity contribution in [1.29, 1.82) is 0 Å². The predicted molar refractivity (Wildman–Crippen MR) is 114 cm³/mol. The summed E-state index contributed by atoms with van der Waals surface area (Å²) in [5.41, 5.74) is -0.410. The number of carbonyl (C=O) groups is 3. The molecule has 4 atom stereocenters. The van der Waals surface area contributed by atoms with E-state index in [-0.39, 0.29) is 30.1 Å². The molecule has 2 fully saturated rings. The largest absolute Gasteiger partial charge is 0.358 e. The van der Waals surface area contributed by atoms with Crippen molar-refractivity contribution in [2.45, 2.75) is 78.2 Å². The Morgan fingerprint density at radius 3 is 2.52 bits per heavy atom. The second-order valence-corrected chi connectivity index (χ2v) is 9.00. The van der Waals surface area contributed by atoms with Gasteiger partial charge in [-0.3, -0.25) is 14.4 Å². The summed E-state index contributed by atoms with van der Waals surface area (Å²) >= 11 is 0. The summed E-state index contributed by atoms with van der Waals surface area (Å²) in [5, 5.41) is 8.67. The first-order chi connectivity index (χ1) is 13.1. The number of hydrogen-bond acceptors (Lipinski definition) is 5. The van der Waals surface area contributed by atoms with Crippen LogP contribution in [0.3, 0.4) is 0 Å². The molecule has 2 saturated heterocycles. The Balaban J connectivity index is 0.00000420. The van der Waals surface area contributed by atoms with E-state index < -0.39 is 29.8 Å². The minimum atomic E-state index is -0.687. The standard InChI is InChI=1S/C20H36N4O4.ClH/c1-12(2)7-9-22-18(26)16-20(4,5)11-15-24(16)19(27)14(8-10-28-15)23-17(25)13(3)21-6;/h12-16,21H,7-11H2,1-6H3,(H,22,26)(H,23,25);1H/t13-,14-,15-,16+;/m0./s1. The van der Waals surface area contributed by atoms with Crippen molar-refractivity contribution in [2.75, 3.05) is 20.2 Å². The monoisotopic (exact) mass is 432 g/mol. The molecule has 0 aliphatic carbocycles. The van der Waals surface area contributed by atoms with Crippen LogP contribution in [0.1, 0.15) is 53.9 Å². The molecule has 8 nitrogen and oxygen atoms in total. The number of ether oxygens (including phenoxy) is 1.